The summed E-state index contributed by atoms with van der Waals surface area (Å²) in [7, 11) is 0. The number of nitrogens with zero attached hydrogens (tertiary/aromatic N) is 1. The Bertz CT molecular complexity index is 350. The zero-order valence-electron chi connectivity index (χ0n) is 10.8. The number of anilines is 1. The normalized spacial score (nSPS) is 12.8. The van der Waals surface area contributed by atoms with Crippen LogP contribution < -0.4 is 5.32 Å². The largest absolute Gasteiger partial charge is 0.390 e. The molecule has 0 spiro atoms. The summed E-state index contributed by atoms with van der Waals surface area (Å²) >= 11 is 12.1. The second kappa shape index (κ2) is 7.85. The minimum Gasteiger partial charge on any atom is -0.390 e. The van der Waals surface area contributed by atoms with Gasteiger partial charge in [0.05, 0.1) is 21.8 Å². The smallest absolute Gasteiger partial charge is 0.0839 e. The van der Waals surface area contributed by atoms with Gasteiger partial charge in [-0.2, -0.15) is 0 Å². The highest BCUT2D eigenvalue weighted by Gasteiger charge is 2.11. The van der Waals surface area contributed by atoms with Gasteiger partial charge < -0.3 is 15.3 Å². The van der Waals surface area contributed by atoms with Crippen molar-refractivity contribution in [2.75, 3.05) is 31.5 Å². The fourth-order valence-corrected chi connectivity index (χ4v) is 2.26. The molecular weight excluding hydrogens is 271 g/mol. The quantitative estimate of drug-likeness (QED) is 0.810. The third kappa shape index (κ3) is 4.65. The third-order valence-corrected chi connectivity index (χ3v) is 3.47. The molecule has 0 aliphatic heterocycles. The number of benzene rings is 1. The molecule has 0 saturated heterocycles. The average molecular weight is 291 g/mol. The number of para-hydroxylation sites is 1. The van der Waals surface area contributed by atoms with Crippen molar-refractivity contribution in [1.29, 1.82) is 0 Å². The Labute approximate surface area is 119 Å². The Morgan fingerprint density at radius 2 is 1.78 bits per heavy atom. The van der Waals surface area contributed by atoms with E-state index in [9.17, 15) is 5.11 Å². The van der Waals surface area contributed by atoms with Crippen LogP contribution in [0.2, 0.25) is 10.0 Å². The van der Waals surface area contributed by atoms with Gasteiger partial charge in [0.1, 0.15) is 0 Å². The predicted octanol–water partition coefficient (Wildman–Crippen LogP) is 3.11. The minimum absolute atomic E-state index is 0.431. The maximum Gasteiger partial charge on any atom is 0.0839 e. The highest BCUT2D eigenvalue weighted by atomic mass is 35.5. The fraction of sp³-hybridized carbons (Fsp3) is 0.538. The number of hydrogen-bond acceptors (Lipinski definition) is 3. The van der Waals surface area contributed by atoms with Crippen molar-refractivity contribution < 1.29 is 5.11 Å². The first-order valence-electron chi connectivity index (χ1n) is 6.16. The molecule has 3 nitrogen and oxygen atoms in total. The Hall–Kier alpha value is -0.480. The summed E-state index contributed by atoms with van der Waals surface area (Å²) in [5, 5.41) is 14.2. The van der Waals surface area contributed by atoms with Crippen LogP contribution in [0.15, 0.2) is 18.2 Å². The molecule has 0 saturated carbocycles. The van der Waals surface area contributed by atoms with Gasteiger partial charge in [0.15, 0.2) is 0 Å². The number of likely N-dealkylation sites (N-methyl/N-ethyl adjacent to an activating group) is 1. The van der Waals surface area contributed by atoms with Gasteiger partial charge in [-0.3, -0.25) is 0 Å². The predicted molar refractivity (Wildman–Crippen MR) is 78.7 cm³/mol. The first-order chi connectivity index (χ1) is 8.58. The van der Waals surface area contributed by atoms with Crippen molar-refractivity contribution in [1.82, 2.24) is 4.90 Å². The second-order valence-electron chi connectivity index (χ2n) is 4.12. The van der Waals surface area contributed by atoms with Crippen LogP contribution in [0.5, 0.6) is 0 Å². The van der Waals surface area contributed by atoms with Crippen molar-refractivity contribution in [3.8, 4) is 0 Å². The molecule has 0 aliphatic carbocycles. The summed E-state index contributed by atoms with van der Waals surface area (Å²) in [6.45, 7) is 7.09. The summed E-state index contributed by atoms with van der Waals surface area (Å²) in [6, 6.07) is 5.33. The summed E-state index contributed by atoms with van der Waals surface area (Å²) in [4.78, 5) is 2.17. The maximum atomic E-state index is 9.93. The fourth-order valence-electron chi connectivity index (χ4n) is 1.73. The zero-order valence-corrected chi connectivity index (χ0v) is 12.3. The molecule has 0 radical (unpaired) electrons. The van der Waals surface area contributed by atoms with Gasteiger partial charge in [0, 0.05) is 13.1 Å². The molecule has 5 heteroatoms. The van der Waals surface area contributed by atoms with Gasteiger partial charge in [-0.05, 0) is 25.2 Å². The Morgan fingerprint density at radius 3 is 2.28 bits per heavy atom. The molecule has 0 bridgehead atoms. The Kier molecular flexibility index (Phi) is 6.79. The van der Waals surface area contributed by atoms with Crippen molar-refractivity contribution >= 4 is 28.9 Å². The van der Waals surface area contributed by atoms with Crippen LogP contribution in [-0.2, 0) is 0 Å². The molecule has 18 heavy (non-hydrogen) atoms. The molecule has 1 aromatic rings. The number of nitrogens with one attached hydrogen (secondary N) is 1. The Morgan fingerprint density at radius 1 is 1.22 bits per heavy atom. The van der Waals surface area contributed by atoms with Gasteiger partial charge in [-0.25, -0.2) is 0 Å². The van der Waals surface area contributed by atoms with Crippen LogP contribution >= 0.6 is 23.2 Å². The van der Waals surface area contributed by atoms with Crippen LogP contribution in [0.1, 0.15) is 13.8 Å². The number of rotatable bonds is 7. The number of hydrogen-bond donors (Lipinski definition) is 2. The van der Waals surface area contributed by atoms with E-state index in [0.29, 0.717) is 28.8 Å². The van der Waals surface area contributed by atoms with E-state index in [4.69, 9.17) is 23.2 Å². The van der Waals surface area contributed by atoms with Crippen LogP contribution in [0.3, 0.4) is 0 Å². The lowest BCUT2D eigenvalue weighted by molar-refractivity contribution is 0.128. The molecule has 0 fully saturated rings. The lowest BCUT2D eigenvalue weighted by Crippen LogP contribution is -2.36. The Balaban J connectivity index is 2.49. The van der Waals surface area contributed by atoms with E-state index in [2.05, 4.69) is 24.1 Å². The monoisotopic (exact) mass is 290 g/mol. The third-order valence-electron chi connectivity index (χ3n) is 2.84. The topological polar surface area (TPSA) is 35.5 Å². The first kappa shape index (κ1) is 15.6. The molecule has 0 aliphatic rings. The molecule has 102 valence electrons. The molecule has 1 aromatic carbocycles. The maximum absolute atomic E-state index is 9.93. The van der Waals surface area contributed by atoms with E-state index in [1.54, 1.807) is 18.2 Å². The number of aliphatic hydroxyl groups is 1. The van der Waals surface area contributed by atoms with E-state index in [1.807, 2.05) is 0 Å². The molecule has 0 heterocycles. The van der Waals surface area contributed by atoms with Gasteiger partial charge in [-0.1, -0.05) is 43.1 Å². The molecule has 0 amide bonds. The summed E-state index contributed by atoms with van der Waals surface area (Å²) < 4.78 is 0. The highest BCUT2D eigenvalue weighted by Crippen LogP contribution is 2.29. The average Bonchev–Trinajstić information content (AvgIpc) is 2.35. The van der Waals surface area contributed by atoms with Gasteiger partial charge in [0.2, 0.25) is 0 Å². The first-order valence-corrected chi connectivity index (χ1v) is 6.92. The minimum atomic E-state index is -0.447. The van der Waals surface area contributed by atoms with E-state index in [0.717, 1.165) is 13.1 Å². The summed E-state index contributed by atoms with van der Waals surface area (Å²) in [6.07, 6.45) is -0.447. The van der Waals surface area contributed by atoms with E-state index in [1.165, 1.54) is 0 Å². The summed E-state index contributed by atoms with van der Waals surface area (Å²) in [5.41, 5.74) is 0.680. The van der Waals surface area contributed by atoms with Crippen molar-refractivity contribution in [2.24, 2.45) is 0 Å². The summed E-state index contributed by atoms with van der Waals surface area (Å²) in [5.74, 6) is 0. The van der Waals surface area contributed by atoms with Crippen LogP contribution in [-0.4, -0.2) is 42.3 Å². The SMILES string of the molecule is CCN(CC)CC(O)CNc1c(Cl)cccc1Cl. The molecular formula is C13H20Cl2N2O. The van der Waals surface area contributed by atoms with Crippen molar-refractivity contribution in [3.05, 3.63) is 28.2 Å². The molecule has 0 aromatic heterocycles. The highest BCUT2D eigenvalue weighted by molar-refractivity contribution is 6.39. The van der Waals surface area contributed by atoms with Crippen molar-refractivity contribution in [2.45, 2.75) is 20.0 Å². The van der Waals surface area contributed by atoms with Crippen LogP contribution in [0.25, 0.3) is 0 Å². The van der Waals surface area contributed by atoms with Crippen LogP contribution in [0.4, 0.5) is 5.69 Å². The van der Waals surface area contributed by atoms with Crippen LogP contribution in [0, 0.1) is 0 Å². The molecule has 1 unspecified atom stereocenters. The van der Waals surface area contributed by atoms with E-state index in [-0.39, 0.29) is 0 Å². The molecule has 2 N–H and O–H groups in total. The molecule has 1 rings (SSSR count). The van der Waals surface area contributed by atoms with Crippen molar-refractivity contribution in [3.63, 3.8) is 0 Å². The standard InChI is InChI=1S/C13H20Cl2N2O/c1-3-17(4-2)9-10(18)8-16-13-11(14)6-5-7-12(13)15/h5-7,10,16,18H,3-4,8-9H2,1-2H3. The van der Waals surface area contributed by atoms with Gasteiger partial charge in [0.25, 0.3) is 0 Å². The lowest BCUT2D eigenvalue weighted by Gasteiger charge is -2.22. The number of halogens is 2. The second-order valence-corrected chi connectivity index (χ2v) is 4.93. The van der Waals surface area contributed by atoms with Gasteiger partial charge >= 0.3 is 0 Å². The zero-order chi connectivity index (χ0) is 13.5. The number of aliphatic hydroxyl groups excluding tert-OH is 1. The van der Waals surface area contributed by atoms with Gasteiger partial charge in [-0.15, -0.1) is 0 Å². The molecule has 1 atom stereocenters. The lowest BCUT2D eigenvalue weighted by atomic mass is 10.2. The van der Waals surface area contributed by atoms with E-state index >= 15 is 0 Å². The van der Waals surface area contributed by atoms with E-state index < -0.39 is 6.10 Å².